The molecular formula is C24H27Zr. The van der Waals surface area contributed by atoms with Gasteiger partial charge in [-0.25, -0.2) is 0 Å². The first-order valence-electron chi connectivity index (χ1n) is 8.72. The molecule has 4 rings (SSSR count). The first kappa shape index (κ1) is 21.8. The number of allylic oxidation sites excluding steroid dienone is 4. The van der Waals surface area contributed by atoms with Crippen molar-refractivity contribution in [2.45, 2.75) is 40.5 Å². The summed E-state index contributed by atoms with van der Waals surface area (Å²) >= 11 is 0. The van der Waals surface area contributed by atoms with E-state index in [2.05, 4.69) is 60.7 Å². The van der Waals surface area contributed by atoms with Crippen LogP contribution in [0.5, 0.6) is 0 Å². The fraction of sp³-hybridized carbons (Fsp3) is 0.250. The molecule has 2 aliphatic rings. The molecule has 1 heteroatoms. The van der Waals surface area contributed by atoms with Crippen LogP contribution in [-0.4, -0.2) is 0 Å². The van der Waals surface area contributed by atoms with E-state index in [1.54, 1.807) is 0 Å². The van der Waals surface area contributed by atoms with Gasteiger partial charge in [-0.15, -0.1) is 41.0 Å². The number of fused-ring (bicyclic) bond motifs is 3. The van der Waals surface area contributed by atoms with E-state index in [9.17, 15) is 0 Å². The summed E-state index contributed by atoms with van der Waals surface area (Å²) in [6.07, 6.45) is 12.6. The van der Waals surface area contributed by atoms with Crippen LogP contribution in [0.15, 0.2) is 54.6 Å². The minimum absolute atomic E-state index is 0. The van der Waals surface area contributed by atoms with Crippen LogP contribution < -0.4 is 0 Å². The molecule has 2 aliphatic carbocycles. The van der Waals surface area contributed by atoms with E-state index in [1.165, 1.54) is 33.4 Å². The molecule has 0 fully saturated rings. The van der Waals surface area contributed by atoms with E-state index in [4.69, 9.17) is 0 Å². The molecule has 2 aromatic carbocycles. The third-order valence-electron chi connectivity index (χ3n) is 3.82. The van der Waals surface area contributed by atoms with Crippen molar-refractivity contribution in [3.63, 3.8) is 0 Å². The fourth-order valence-electron chi connectivity index (χ4n) is 2.89. The predicted molar refractivity (Wildman–Crippen MR) is 107 cm³/mol. The standard InChI is InChI=1S/C18H13.2C3H7.Zr/c1-2-6-13(5-1)14-9-10-18-16(11-14)12-15-7-3-4-8-17(15)18;2*1-3-2;/h1-5,7-10H,6,12H2;2*3H,1-2H3;/q3*-1;+3. The van der Waals surface area contributed by atoms with Gasteiger partial charge in [0.1, 0.15) is 0 Å². The third kappa shape index (κ3) is 5.65. The van der Waals surface area contributed by atoms with Crippen molar-refractivity contribution in [1.29, 1.82) is 0 Å². The number of rotatable bonds is 1. The largest absolute Gasteiger partial charge is 3.00 e. The minimum atomic E-state index is 0. The van der Waals surface area contributed by atoms with Crippen LogP contribution in [0.3, 0.4) is 0 Å². The van der Waals surface area contributed by atoms with Crippen LogP contribution in [0.1, 0.15) is 50.8 Å². The fourth-order valence-corrected chi connectivity index (χ4v) is 2.89. The van der Waals surface area contributed by atoms with Crippen LogP contribution in [0.2, 0.25) is 0 Å². The van der Waals surface area contributed by atoms with Gasteiger partial charge in [-0.1, -0.05) is 47.5 Å². The molecule has 0 unspecified atom stereocenters. The third-order valence-corrected chi connectivity index (χ3v) is 3.82. The maximum Gasteiger partial charge on any atom is 3.00 e. The van der Waals surface area contributed by atoms with Gasteiger partial charge in [0.25, 0.3) is 0 Å². The van der Waals surface area contributed by atoms with Crippen molar-refractivity contribution in [2.75, 3.05) is 0 Å². The van der Waals surface area contributed by atoms with Crippen molar-refractivity contribution in [2.24, 2.45) is 0 Å². The van der Waals surface area contributed by atoms with E-state index >= 15 is 0 Å². The van der Waals surface area contributed by atoms with Gasteiger partial charge in [-0.3, -0.25) is 0 Å². The Balaban J connectivity index is 0.000000398. The molecule has 0 spiro atoms. The molecule has 0 amide bonds. The molecule has 1 radical (unpaired) electrons. The summed E-state index contributed by atoms with van der Waals surface area (Å²) in [4.78, 5) is 0. The molecule has 127 valence electrons. The molecule has 0 aliphatic heterocycles. The van der Waals surface area contributed by atoms with Crippen molar-refractivity contribution < 1.29 is 26.2 Å². The van der Waals surface area contributed by atoms with Gasteiger partial charge in [0.2, 0.25) is 0 Å². The Morgan fingerprint density at radius 1 is 0.880 bits per heavy atom. The number of hydrogen-bond acceptors (Lipinski definition) is 0. The van der Waals surface area contributed by atoms with E-state index in [-0.39, 0.29) is 26.2 Å². The summed E-state index contributed by atoms with van der Waals surface area (Å²) < 4.78 is 0. The van der Waals surface area contributed by atoms with E-state index in [0.29, 0.717) is 0 Å². The SMILES string of the molecule is C[CH-]C.C[CH-]C.[Zr+3].[c-]1c(C2=CC=CC2)ccc2c1Cc1ccccc1-2. The van der Waals surface area contributed by atoms with Crippen molar-refractivity contribution in [3.8, 4) is 11.1 Å². The Morgan fingerprint density at radius 3 is 2.20 bits per heavy atom. The Bertz CT molecular complexity index is 721. The second-order valence-electron chi connectivity index (χ2n) is 6.08. The van der Waals surface area contributed by atoms with E-state index < -0.39 is 0 Å². The van der Waals surface area contributed by atoms with E-state index in [1.807, 2.05) is 40.5 Å². The Labute approximate surface area is 173 Å². The molecule has 25 heavy (non-hydrogen) atoms. The smallest absolute Gasteiger partial charge is 0.335 e. The zero-order valence-electron chi connectivity index (χ0n) is 15.8. The summed E-state index contributed by atoms with van der Waals surface area (Å²) in [6.45, 7) is 8.00. The van der Waals surface area contributed by atoms with Crippen LogP contribution >= 0.6 is 0 Å². The van der Waals surface area contributed by atoms with Gasteiger partial charge in [-0.2, -0.15) is 27.7 Å². The van der Waals surface area contributed by atoms with Gasteiger partial charge < -0.3 is 12.8 Å². The Hall–Kier alpha value is -1.20. The van der Waals surface area contributed by atoms with Crippen LogP contribution in [0.25, 0.3) is 16.7 Å². The molecule has 0 aromatic heterocycles. The molecule has 0 atom stereocenters. The van der Waals surface area contributed by atoms with Crippen molar-refractivity contribution in [3.05, 3.63) is 90.2 Å². The van der Waals surface area contributed by atoms with Gasteiger partial charge in [0, 0.05) is 0 Å². The van der Waals surface area contributed by atoms with Gasteiger partial charge >= 0.3 is 26.2 Å². The van der Waals surface area contributed by atoms with Gasteiger partial charge in [-0.05, 0) is 18.4 Å². The minimum Gasteiger partial charge on any atom is -0.335 e. The summed E-state index contributed by atoms with van der Waals surface area (Å²) in [7, 11) is 0. The first-order valence-corrected chi connectivity index (χ1v) is 8.72. The van der Waals surface area contributed by atoms with Gasteiger partial charge in [0.15, 0.2) is 0 Å². The van der Waals surface area contributed by atoms with Crippen molar-refractivity contribution >= 4 is 5.57 Å². The van der Waals surface area contributed by atoms with Crippen molar-refractivity contribution in [1.82, 2.24) is 0 Å². The second kappa shape index (κ2) is 11.4. The van der Waals surface area contributed by atoms with Crippen LogP contribution in [0, 0.1) is 18.9 Å². The average Bonchev–Trinajstić information content (AvgIpc) is 3.23. The zero-order valence-corrected chi connectivity index (χ0v) is 18.2. The first-order chi connectivity index (χ1) is 11.7. The molecule has 0 heterocycles. The Kier molecular flexibility index (Phi) is 9.98. The maximum atomic E-state index is 3.61. The summed E-state index contributed by atoms with van der Waals surface area (Å²) in [5.41, 5.74) is 8.16. The monoisotopic (exact) mass is 405 g/mol. The topological polar surface area (TPSA) is 0 Å². The Morgan fingerprint density at radius 2 is 1.56 bits per heavy atom. The molecular weight excluding hydrogens is 379 g/mol. The molecule has 0 N–H and O–H groups in total. The van der Waals surface area contributed by atoms with Gasteiger partial charge in [0.05, 0.1) is 0 Å². The second-order valence-corrected chi connectivity index (χ2v) is 6.08. The van der Waals surface area contributed by atoms with E-state index in [0.717, 1.165) is 12.8 Å². The summed E-state index contributed by atoms with van der Waals surface area (Å²) in [5.74, 6) is 0. The maximum absolute atomic E-state index is 3.61. The molecule has 0 saturated carbocycles. The summed E-state index contributed by atoms with van der Waals surface area (Å²) in [6, 6.07) is 16.7. The average molecular weight is 407 g/mol. The predicted octanol–water partition coefficient (Wildman–Crippen LogP) is 6.86. The quantitative estimate of drug-likeness (QED) is 0.387. The number of hydrogen-bond donors (Lipinski definition) is 0. The molecule has 2 aromatic rings. The normalized spacial score (nSPS) is 12.6. The molecule has 0 bridgehead atoms. The zero-order chi connectivity index (χ0) is 17.4. The van der Waals surface area contributed by atoms with Crippen LogP contribution in [0.4, 0.5) is 0 Å². The summed E-state index contributed by atoms with van der Waals surface area (Å²) in [5, 5.41) is 0. The number of benzene rings is 2. The molecule has 0 saturated heterocycles. The molecule has 0 nitrogen and oxygen atoms in total. The van der Waals surface area contributed by atoms with Crippen LogP contribution in [-0.2, 0) is 32.6 Å².